The Morgan fingerprint density at radius 3 is 2.16 bits per heavy atom. The summed E-state index contributed by atoms with van der Waals surface area (Å²) in [5.41, 5.74) is 5.92. The van der Waals surface area contributed by atoms with E-state index in [1.165, 1.54) is 21.8 Å². The van der Waals surface area contributed by atoms with E-state index in [0.29, 0.717) is 11.3 Å². The molecule has 0 spiro atoms. The SMILES string of the molecule is Cc1ccc(-c2nnc(-c3ccc(N4c5ccccc5SC5C=CC=CC54)cc3)s2)cc1. The molecule has 3 nitrogen and oxygen atoms in total. The van der Waals surface area contributed by atoms with Crippen LogP contribution in [0.2, 0.25) is 0 Å². The van der Waals surface area contributed by atoms with Gasteiger partial charge in [-0.05, 0) is 43.3 Å². The monoisotopic (exact) mass is 451 g/mol. The minimum absolute atomic E-state index is 0.306. The number of hydrogen-bond donors (Lipinski definition) is 0. The van der Waals surface area contributed by atoms with Crippen molar-refractivity contribution >= 4 is 34.5 Å². The molecule has 156 valence electrons. The number of aryl methyl sites for hydroxylation is 1. The van der Waals surface area contributed by atoms with E-state index in [2.05, 4.69) is 119 Å². The summed E-state index contributed by atoms with van der Waals surface area (Å²) in [5, 5.41) is 11.2. The molecular formula is C27H21N3S2. The second-order valence-electron chi connectivity index (χ2n) is 8.01. The van der Waals surface area contributed by atoms with Crippen LogP contribution in [0.25, 0.3) is 21.1 Å². The molecule has 1 aliphatic heterocycles. The molecule has 1 aliphatic carbocycles. The van der Waals surface area contributed by atoms with Crippen LogP contribution in [-0.2, 0) is 0 Å². The third kappa shape index (κ3) is 3.48. The number of nitrogens with zero attached hydrogens (tertiary/aromatic N) is 3. The molecule has 0 saturated heterocycles. The fourth-order valence-electron chi connectivity index (χ4n) is 4.21. The van der Waals surface area contributed by atoms with Crippen molar-refractivity contribution in [2.45, 2.75) is 23.1 Å². The second kappa shape index (κ2) is 8.08. The summed E-state index contributed by atoms with van der Waals surface area (Å²) >= 11 is 3.58. The van der Waals surface area contributed by atoms with Gasteiger partial charge in [0.05, 0.1) is 17.0 Å². The maximum atomic E-state index is 4.46. The number of hydrogen-bond acceptors (Lipinski definition) is 5. The normalized spacial score (nSPS) is 19.0. The molecule has 3 aromatic carbocycles. The molecule has 6 rings (SSSR count). The van der Waals surface area contributed by atoms with Crippen LogP contribution in [-0.4, -0.2) is 21.5 Å². The highest BCUT2D eigenvalue weighted by Crippen LogP contribution is 2.47. The molecule has 32 heavy (non-hydrogen) atoms. The number of thioether (sulfide) groups is 1. The number of allylic oxidation sites excluding steroid dienone is 2. The van der Waals surface area contributed by atoms with E-state index in [4.69, 9.17) is 0 Å². The molecule has 2 unspecified atom stereocenters. The zero-order chi connectivity index (χ0) is 21.5. The van der Waals surface area contributed by atoms with Crippen LogP contribution in [0.15, 0.2) is 102 Å². The number of benzene rings is 3. The Bertz CT molecular complexity index is 1320. The zero-order valence-corrected chi connectivity index (χ0v) is 19.2. The molecule has 0 amide bonds. The number of para-hydroxylation sites is 1. The molecule has 0 saturated carbocycles. The Morgan fingerprint density at radius 2 is 1.41 bits per heavy atom. The first-order valence-electron chi connectivity index (χ1n) is 10.7. The van der Waals surface area contributed by atoms with Crippen molar-refractivity contribution in [3.63, 3.8) is 0 Å². The number of aromatic nitrogens is 2. The summed E-state index contributed by atoms with van der Waals surface area (Å²) in [6, 6.07) is 26.2. The van der Waals surface area contributed by atoms with Crippen LogP contribution in [0, 0.1) is 6.92 Å². The molecular weight excluding hydrogens is 430 g/mol. The first kappa shape index (κ1) is 19.5. The van der Waals surface area contributed by atoms with Gasteiger partial charge in [0, 0.05) is 21.7 Å². The summed E-state index contributed by atoms with van der Waals surface area (Å²) in [5.74, 6) is 0. The lowest BCUT2D eigenvalue weighted by atomic mass is 10.0. The van der Waals surface area contributed by atoms with Crippen LogP contribution >= 0.6 is 23.1 Å². The van der Waals surface area contributed by atoms with Gasteiger partial charge in [-0.3, -0.25) is 0 Å². The lowest BCUT2D eigenvalue weighted by molar-refractivity contribution is 0.778. The Balaban J connectivity index is 1.33. The van der Waals surface area contributed by atoms with Gasteiger partial charge in [0.15, 0.2) is 0 Å². The first-order valence-corrected chi connectivity index (χ1v) is 12.4. The first-order chi connectivity index (χ1) is 15.8. The lowest BCUT2D eigenvalue weighted by Crippen LogP contribution is -2.40. The summed E-state index contributed by atoms with van der Waals surface area (Å²) < 4.78 is 0. The number of anilines is 2. The van der Waals surface area contributed by atoms with E-state index in [9.17, 15) is 0 Å². The largest absolute Gasteiger partial charge is 0.332 e. The molecule has 0 radical (unpaired) electrons. The van der Waals surface area contributed by atoms with E-state index in [-0.39, 0.29) is 0 Å². The molecule has 0 N–H and O–H groups in total. The zero-order valence-electron chi connectivity index (χ0n) is 17.6. The standard InChI is InChI=1S/C27H21N3S2/c1-18-10-12-19(13-11-18)26-28-29-27(32-26)20-14-16-21(17-15-20)30-22-6-2-4-8-24(22)31-25-9-5-3-7-23(25)30/h2-17,22,24H,1H3. The van der Waals surface area contributed by atoms with Crippen LogP contribution in [0.3, 0.4) is 0 Å². The van der Waals surface area contributed by atoms with Gasteiger partial charge in [-0.2, -0.15) is 0 Å². The van der Waals surface area contributed by atoms with Gasteiger partial charge >= 0.3 is 0 Å². The molecule has 2 atom stereocenters. The average Bonchev–Trinajstić information content (AvgIpc) is 3.33. The quantitative estimate of drug-likeness (QED) is 0.327. The molecule has 2 aliphatic rings. The van der Waals surface area contributed by atoms with E-state index < -0.39 is 0 Å². The van der Waals surface area contributed by atoms with Gasteiger partial charge in [0.25, 0.3) is 0 Å². The van der Waals surface area contributed by atoms with Crippen molar-refractivity contribution < 1.29 is 0 Å². The number of rotatable bonds is 3. The maximum absolute atomic E-state index is 4.46. The van der Waals surface area contributed by atoms with Gasteiger partial charge in [-0.25, -0.2) is 0 Å². The molecule has 1 aromatic heterocycles. The highest BCUT2D eigenvalue weighted by atomic mass is 32.2. The van der Waals surface area contributed by atoms with E-state index in [0.717, 1.165) is 21.1 Å². The third-order valence-electron chi connectivity index (χ3n) is 5.86. The molecule has 0 fully saturated rings. The predicted octanol–water partition coefficient (Wildman–Crippen LogP) is 7.29. The van der Waals surface area contributed by atoms with Crippen molar-refractivity contribution in [2.24, 2.45) is 0 Å². The van der Waals surface area contributed by atoms with Crippen molar-refractivity contribution in [3.8, 4) is 21.1 Å². The van der Waals surface area contributed by atoms with Gasteiger partial charge < -0.3 is 4.90 Å². The average molecular weight is 452 g/mol. The Hall–Kier alpha value is -3.15. The minimum Gasteiger partial charge on any atom is -0.332 e. The second-order valence-corrected chi connectivity index (χ2v) is 10.2. The Labute approximate surface area is 196 Å². The van der Waals surface area contributed by atoms with Gasteiger partial charge in [0.1, 0.15) is 10.0 Å². The fraction of sp³-hybridized carbons (Fsp3) is 0.111. The van der Waals surface area contributed by atoms with Gasteiger partial charge in [0.2, 0.25) is 0 Å². The molecule has 2 heterocycles. The lowest BCUT2D eigenvalue weighted by Gasteiger charge is -2.42. The predicted molar refractivity (Wildman–Crippen MR) is 136 cm³/mol. The van der Waals surface area contributed by atoms with Gasteiger partial charge in [-0.1, -0.05) is 77.6 Å². The van der Waals surface area contributed by atoms with Crippen molar-refractivity contribution in [2.75, 3.05) is 4.90 Å². The fourth-order valence-corrected chi connectivity index (χ4v) is 6.32. The summed E-state index contributed by atoms with van der Waals surface area (Å²) in [4.78, 5) is 3.78. The molecule has 0 bridgehead atoms. The minimum atomic E-state index is 0.306. The summed E-state index contributed by atoms with van der Waals surface area (Å²) in [6.07, 6.45) is 8.93. The van der Waals surface area contributed by atoms with Crippen molar-refractivity contribution in [1.82, 2.24) is 10.2 Å². The summed E-state index contributed by atoms with van der Waals surface area (Å²) in [7, 11) is 0. The Morgan fingerprint density at radius 1 is 0.750 bits per heavy atom. The topological polar surface area (TPSA) is 29.0 Å². The highest BCUT2D eigenvalue weighted by Gasteiger charge is 2.33. The van der Waals surface area contributed by atoms with Gasteiger partial charge in [-0.15, -0.1) is 22.0 Å². The van der Waals surface area contributed by atoms with E-state index in [1.807, 2.05) is 11.8 Å². The summed E-state index contributed by atoms with van der Waals surface area (Å²) in [6.45, 7) is 2.10. The van der Waals surface area contributed by atoms with Crippen LogP contribution in [0.4, 0.5) is 11.4 Å². The molecule has 4 aromatic rings. The van der Waals surface area contributed by atoms with E-state index >= 15 is 0 Å². The van der Waals surface area contributed by atoms with Crippen molar-refractivity contribution in [1.29, 1.82) is 0 Å². The van der Waals surface area contributed by atoms with Crippen LogP contribution in [0.5, 0.6) is 0 Å². The number of fused-ring (bicyclic) bond motifs is 2. The molecule has 5 heteroatoms. The van der Waals surface area contributed by atoms with Crippen LogP contribution in [0.1, 0.15) is 5.56 Å². The highest BCUT2D eigenvalue weighted by molar-refractivity contribution is 8.00. The Kier molecular flexibility index (Phi) is 4.93. The smallest absolute Gasteiger partial charge is 0.148 e. The van der Waals surface area contributed by atoms with E-state index in [1.54, 1.807) is 11.3 Å². The van der Waals surface area contributed by atoms with Crippen LogP contribution < -0.4 is 4.90 Å². The van der Waals surface area contributed by atoms with Crippen molar-refractivity contribution in [3.05, 3.63) is 103 Å². The third-order valence-corrected chi connectivity index (χ3v) is 8.19. The maximum Gasteiger partial charge on any atom is 0.148 e.